The summed E-state index contributed by atoms with van der Waals surface area (Å²) in [4.78, 5) is 8.13. The van der Waals surface area contributed by atoms with Crippen molar-refractivity contribution in [2.45, 2.75) is 6.54 Å². The minimum atomic E-state index is 0.522. The van der Waals surface area contributed by atoms with Crippen LogP contribution in [0, 0.1) is 0 Å². The van der Waals surface area contributed by atoms with E-state index in [2.05, 4.69) is 25.0 Å². The molecular weight excluding hydrogens is 206 g/mol. The van der Waals surface area contributed by atoms with Crippen LogP contribution in [0.5, 0.6) is 0 Å². The van der Waals surface area contributed by atoms with E-state index in [1.807, 2.05) is 28.8 Å². The van der Waals surface area contributed by atoms with Crippen LogP contribution in [0.4, 0.5) is 5.82 Å². The molecule has 3 heterocycles. The molecule has 0 aliphatic carbocycles. The maximum Gasteiger partial charge on any atom is 0.213 e. The van der Waals surface area contributed by atoms with Crippen LogP contribution in [0.2, 0.25) is 0 Å². The third-order valence-electron chi connectivity index (χ3n) is 2.26. The van der Waals surface area contributed by atoms with E-state index in [0.29, 0.717) is 12.4 Å². The van der Waals surface area contributed by atoms with Gasteiger partial charge in [0, 0.05) is 12.4 Å². The minimum absolute atomic E-state index is 0.522. The Morgan fingerprint density at radius 2 is 2.31 bits per heavy atom. The Balaban J connectivity index is 1.86. The molecular formula is C10H9N5O. The molecule has 0 spiro atoms. The van der Waals surface area contributed by atoms with Gasteiger partial charge < -0.3 is 9.84 Å². The van der Waals surface area contributed by atoms with E-state index in [1.165, 1.54) is 6.39 Å². The topological polar surface area (TPSA) is 68.2 Å². The summed E-state index contributed by atoms with van der Waals surface area (Å²) in [7, 11) is 0. The molecule has 1 N–H and O–H groups in total. The average molecular weight is 215 g/mol. The third-order valence-corrected chi connectivity index (χ3v) is 2.26. The monoisotopic (exact) mass is 215 g/mol. The molecule has 3 aromatic rings. The lowest BCUT2D eigenvalue weighted by Crippen LogP contribution is -2.04. The molecule has 0 fully saturated rings. The Bertz CT molecular complexity index is 586. The van der Waals surface area contributed by atoms with Crippen molar-refractivity contribution in [1.29, 1.82) is 0 Å². The lowest BCUT2D eigenvalue weighted by molar-refractivity contribution is 0.411. The fourth-order valence-corrected chi connectivity index (χ4v) is 1.53. The molecule has 0 saturated carbocycles. The predicted octanol–water partition coefficient (Wildman–Crippen LogP) is 1.33. The van der Waals surface area contributed by atoms with Crippen molar-refractivity contribution in [2.24, 2.45) is 0 Å². The van der Waals surface area contributed by atoms with Crippen molar-refractivity contribution in [3.05, 3.63) is 42.8 Å². The number of hydrogen-bond donors (Lipinski definition) is 1. The van der Waals surface area contributed by atoms with Crippen molar-refractivity contribution >= 4 is 11.5 Å². The van der Waals surface area contributed by atoms with E-state index >= 15 is 0 Å². The van der Waals surface area contributed by atoms with Crippen LogP contribution in [0.3, 0.4) is 0 Å². The highest BCUT2D eigenvalue weighted by molar-refractivity contribution is 5.49. The number of aromatic nitrogens is 4. The molecule has 0 aliphatic heterocycles. The highest BCUT2D eigenvalue weighted by Gasteiger charge is 2.01. The van der Waals surface area contributed by atoms with Gasteiger partial charge >= 0.3 is 0 Å². The quantitative estimate of drug-likeness (QED) is 0.713. The average Bonchev–Trinajstić information content (AvgIpc) is 2.97. The van der Waals surface area contributed by atoms with E-state index in [9.17, 15) is 0 Å². The predicted molar refractivity (Wildman–Crippen MR) is 56.8 cm³/mol. The second kappa shape index (κ2) is 3.65. The summed E-state index contributed by atoms with van der Waals surface area (Å²) in [5.41, 5.74) is 0.901. The normalized spacial score (nSPS) is 10.8. The molecule has 0 radical (unpaired) electrons. The first-order valence-corrected chi connectivity index (χ1v) is 4.85. The van der Waals surface area contributed by atoms with Gasteiger partial charge in [-0.15, -0.1) is 0 Å². The molecule has 80 valence electrons. The Kier molecular flexibility index (Phi) is 2.03. The zero-order chi connectivity index (χ0) is 10.8. The summed E-state index contributed by atoms with van der Waals surface area (Å²) in [6.45, 7) is 0.522. The molecule has 6 heteroatoms. The van der Waals surface area contributed by atoms with Crippen LogP contribution in [0.25, 0.3) is 5.65 Å². The Labute approximate surface area is 90.9 Å². The van der Waals surface area contributed by atoms with Crippen molar-refractivity contribution in [3.8, 4) is 0 Å². The van der Waals surface area contributed by atoms with Gasteiger partial charge in [-0.3, -0.25) is 4.40 Å². The Morgan fingerprint density at radius 3 is 3.19 bits per heavy atom. The highest BCUT2D eigenvalue weighted by atomic mass is 16.5. The maximum atomic E-state index is 4.66. The summed E-state index contributed by atoms with van der Waals surface area (Å²) >= 11 is 0. The Morgan fingerprint density at radius 1 is 1.31 bits per heavy atom. The van der Waals surface area contributed by atoms with Gasteiger partial charge in [-0.05, 0) is 12.1 Å². The second-order valence-electron chi connectivity index (χ2n) is 3.27. The molecule has 6 nitrogen and oxygen atoms in total. The molecule has 0 bridgehead atoms. The number of imidazole rings is 1. The lowest BCUT2D eigenvalue weighted by Gasteiger charge is -2.06. The van der Waals surface area contributed by atoms with Gasteiger partial charge in [0.25, 0.3) is 0 Å². The van der Waals surface area contributed by atoms with Gasteiger partial charge in [-0.1, -0.05) is 11.2 Å². The van der Waals surface area contributed by atoms with Gasteiger partial charge in [0.1, 0.15) is 11.5 Å². The van der Waals surface area contributed by atoms with E-state index in [4.69, 9.17) is 0 Å². The fraction of sp³-hybridized carbons (Fsp3) is 0.100. The molecule has 16 heavy (non-hydrogen) atoms. The van der Waals surface area contributed by atoms with Crippen molar-refractivity contribution in [2.75, 3.05) is 5.32 Å². The number of nitrogens with zero attached hydrogens (tertiary/aromatic N) is 4. The number of anilines is 1. The molecule has 0 aromatic carbocycles. The first kappa shape index (κ1) is 8.90. The number of fused-ring (bicyclic) bond motifs is 1. The van der Waals surface area contributed by atoms with Crippen molar-refractivity contribution in [1.82, 2.24) is 19.5 Å². The summed E-state index contributed by atoms with van der Waals surface area (Å²) in [6.07, 6.45) is 4.97. The molecule has 0 unspecified atom stereocenters. The molecule has 0 saturated heterocycles. The molecule has 3 rings (SSSR count). The number of pyridine rings is 1. The van der Waals surface area contributed by atoms with Gasteiger partial charge in [0.2, 0.25) is 6.39 Å². The van der Waals surface area contributed by atoms with Gasteiger partial charge in [0.05, 0.1) is 6.54 Å². The molecule has 0 amide bonds. The van der Waals surface area contributed by atoms with Crippen LogP contribution in [0.15, 0.2) is 41.5 Å². The maximum absolute atomic E-state index is 4.66. The first-order valence-electron chi connectivity index (χ1n) is 4.85. The lowest BCUT2D eigenvalue weighted by atomic mass is 10.4. The summed E-state index contributed by atoms with van der Waals surface area (Å²) < 4.78 is 6.61. The van der Waals surface area contributed by atoms with Gasteiger partial charge in [-0.2, -0.15) is 4.98 Å². The standard InChI is InChI=1S/C10H9N5O/c1-2-9-11-4-5-15(9)10(3-1)12-6-8-13-7-16-14-8/h1-5,7,12H,6H2. The van der Waals surface area contributed by atoms with Crippen LogP contribution in [-0.4, -0.2) is 19.5 Å². The Hall–Kier alpha value is -2.37. The summed E-state index contributed by atoms with van der Waals surface area (Å²) in [5, 5.41) is 6.94. The SMILES string of the molecule is c1cc(NCc2ncon2)n2ccnc2c1. The van der Waals surface area contributed by atoms with E-state index in [0.717, 1.165) is 11.5 Å². The third kappa shape index (κ3) is 1.50. The van der Waals surface area contributed by atoms with Crippen LogP contribution < -0.4 is 5.32 Å². The van der Waals surface area contributed by atoms with E-state index < -0.39 is 0 Å². The zero-order valence-corrected chi connectivity index (χ0v) is 8.37. The zero-order valence-electron chi connectivity index (χ0n) is 8.37. The summed E-state index contributed by atoms with van der Waals surface area (Å²) in [6, 6.07) is 5.86. The highest BCUT2D eigenvalue weighted by Crippen LogP contribution is 2.11. The van der Waals surface area contributed by atoms with E-state index in [-0.39, 0.29) is 0 Å². The van der Waals surface area contributed by atoms with Crippen molar-refractivity contribution < 1.29 is 4.52 Å². The molecule has 0 aliphatic rings. The smallest absolute Gasteiger partial charge is 0.213 e. The second-order valence-corrected chi connectivity index (χ2v) is 3.27. The number of nitrogens with one attached hydrogen (secondary N) is 1. The van der Waals surface area contributed by atoms with Crippen LogP contribution in [-0.2, 0) is 6.54 Å². The first-order chi connectivity index (χ1) is 7.93. The van der Waals surface area contributed by atoms with Gasteiger partial charge in [0.15, 0.2) is 5.82 Å². The summed E-state index contributed by atoms with van der Waals surface area (Å²) in [5.74, 6) is 1.57. The number of rotatable bonds is 3. The number of hydrogen-bond acceptors (Lipinski definition) is 5. The van der Waals surface area contributed by atoms with E-state index in [1.54, 1.807) is 6.20 Å². The van der Waals surface area contributed by atoms with Crippen molar-refractivity contribution in [3.63, 3.8) is 0 Å². The fourth-order valence-electron chi connectivity index (χ4n) is 1.53. The minimum Gasteiger partial charge on any atom is -0.364 e. The molecule has 0 atom stereocenters. The van der Waals surface area contributed by atoms with Gasteiger partial charge in [-0.25, -0.2) is 4.98 Å². The van der Waals surface area contributed by atoms with Crippen LogP contribution in [0.1, 0.15) is 5.82 Å². The largest absolute Gasteiger partial charge is 0.364 e. The molecule has 3 aromatic heterocycles. The van der Waals surface area contributed by atoms with Crippen LogP contribution >= 0.6 is 0 Å².